The minimum absolute atomic E-state index is 0.108. The molecular formula is C17H24N2O8. The van der Waals surface area contributed by atoms with E-state index < -0.39 is 42.3 Å². The average Bonchev–Trinajstić information content (AvgIpc) is 2.64. The molecule has 0 fully saturated rings. The van der Waals surface area contributed by atoms with E-state index in [4.69, 9.17) is 18.9 Å². The first-order chi connectivity index (χ1) is 12.8. The van der Waals surface area contributed by atoms with Crippen LogP contribution in [0.1, 0.15) is 13.8 Å². The second kappa shape index (κ2) is 10.4. The van der Waals surface area contributed by atoms with Crippen LogP contribution >= 0.6 is 0 Å². The minimum Gasteiger partial charge on any atom is -0.468 e. The number of rotatable bonds is 8. The van der Waals surface area contributed by atoms with Crippen LogP contribution in [-0.2, 0) is 38.1 Å². The van der Waals surface area contributed by atoms with Gasteiger partial charge in [0.05, 0.1) is 26.4 Å². The van der Waals surface area contributed by atoms with Gasteiger partial charge in [0.2, 0.25) is 0 Å². The maximum atomic E-state index is 12.7. The number of hydrogen-bond acceptors (Lipinski definition) is 9. The maximum Gasteiger partial charge on any atom is 0.336 e. The number of amides is 1. The van der Waals surface area contributed by atoms with E-state index in [1.807, 2.05) is 0 Å². The zero-order valence-corrected chi connectivity index (χ0v) is 16.0. The molecule has 10 heteroatoms. The number of carbonyl (C=O) groups excluding carboxylic acids is 4. The summed E-state index contributed by atoms with van der Waals surface area (Å²) >= 11 is 0. The number of carbonyl (C=O) groups is 4. The third-order valence-corrected chi connectivity index (χ3v) is 3.92. The summed E-state index contributed by atoms with van der Waals surface area (Å²) < 4.78 is 19.3. The number of aliphatic imine (C=N–C) groups is 1. The molecule has 0 bridgehead atoms. The molecule has 1 rings (SSSR count). The van der Waals surface area contributed by atoms with Crippen LogP contribution in [0.3, 0.4) is 0 Å². The van der Waals surface area contributed by atoms with Crippen molar-refractivity contribution in [3.8, 4) is 0 Å². The fourth-order valence-electron chi connectivity index (χ4n) is 2.67. The minimum atomic E-state index is -1.32. The summed E-state index contributed by atoms with van der Waals surface area (Å²) in [6.07, 6.45) is 0. The summed E-state index contributed by atoms with van der Waals surface area (Å²) in [6, 6.07) is 0. The summed E-state index contributed by atoms with van der Waals surface area (Å²) in [5.74, 6) is -5.52. The van der Waals surface area contributed by atoms with Gasteiger partial charge in [-0.1, -0.05) is 0 Å². The molecule has 2 atom stereocenters. The second-order valence-corrected chi connectivity index (χ2v) is 5.67. The molecule has 0 aromatic carbocycles. The van der Waals surface area contributed by atoms with Crippen molar-refractivity contribution in [3.63, 3.8) is 0 Å². The van der Waals surface area contributed by atoms with Crippen LogP contribution in [0.5, 0.6) is 0 Å². The zero-order valence-electron chi connectivity index (χ0n) is 16.0. The molecule has 0 radical (unpaired) electrons. The van der Waals surface area contributed by atoms with E-state index in [0.29, 0.717) is 12.3 Å². The Morgan fingerprint density at radius 3 is 2.22 bits per heavy atom. The summed E-state index contributed by atoms with van der Waals surface area (Å²) in [7, 11) is 3.78. The first kappa shape index (κ1) is 22.3. The summed E-state index contributed by atoms with van der Waals surface area (Å²) in [4.78, 5) is 52.9. The highest BCUT2D eigenvalue weighted by molar-refractivity contribution is 6.10. The van der Waals surface area contributed by atoms with Crippen LogP contribution in [0.25, 0.3) is 0 Å². The van der Waals surface area contributed by atoms with Crippen molar-refractivity contribution in [2.24, 2.45) is 16.8 Å². The van der Waals surface area contributed by atoms with Crippen molar-refractivity contribution in [1.29, 1.82) is 0 Å². The molecule has 27 heavy (non-hydrogen) atoms. The van der Waals surface area contributed by atoms with Gasteiger partial charge in [-0.25, -0.2) is 4.79 Å². The standard InChI is InChI=1S/C17H24N2O8/c1-9-12(15(21)25-4)14(13(10(2)19-9)16(22)26-5)17(23)27-8-11(20)18-6-7-24-3/h12,14H,6-8H2,1-5H3,(H,18,20)/t12?,14-/m0/s1. The molecule has 150 valence electrons. The summed E-state index contributed by atoms with van der Waals surface area (Å²) in [5.41, 5.74) is 0.410. The van der Waals surface area contributed by atoms with E-state index in [-0.39, 0.29) is 17.8 Å². The molecular weight excluding hydrogens is 360 g/mol. The maximum absolute atomic E-state index is 12.7. The van der Waals surface area contributed by atoms with Gasteiger partial charge in [0, 0.05) is 25.1 Å². The quantitative estimate of drug-likeness (QED) is 0.340. The highest BCUT2D eigenvalue weighted by Crippen LogP contribution is 2.33. The third kappa shape index (κ3) is 5.61. The lowest BCUT2D eigenvalue weighted by Crippen LogP contribution is -2.43. The first-order valence-electron chi connectivity index (χ1n) is 8.12. The predicted molar refractivity (Wildman–Crippen MR) is 92.7 cm³/mol. The largest absolute Gasteiger partial charge is 0.468 e. The zero-order chi connectivity index (χ0) is 20.6. The van der Waals surface area contributed by atoms with Crippen LogP contribution < -0.4 is 5.32 Å². The Balaban J connectivity index is 3.06. The van der Waals surface area contributed by atoms with Crippen LogP contribution in [0.15, 0.2) is 16.3 Å². The smallest absolute Gasteiger partial charge is 0.336 e. The number of allylic oxidation sites excluding steroid dienone is 1. The highest BCUT2D eigenvalue weighted by Gasteiger charge is 2.46. The molecule has 10 nitrogen and oxygen atoms in total. The SMILES string of the molecule is COCCNC(=O)COC(=O)[C@@H]1C(C(=O)OC)=C(C)N=C(C)C1C(=O)OC. The first-order valence-corrected chi connectivity index (χ1v) is 8.12. The second-order valence-electron chi connectivity index (χ2n) is 5.67. The van der Waals surface area contributed by atoms with Gasteiger partial charge in [0.25, 0.3) is 5.91 Å². The third-order valence-electron chi connectivity index (χ3n) is 3.92. The van der Waals surface area contributed by atoms with E-state index in [1.54, 1.807) is 0 Å². The van der Waals surface area contributed by atoms with Crippen LogP contribution in [-0.4, -0.2) is 70.6 Å². The normalized spacial score (nSPS) is 19.1. The Labute approximate surface area is 156 Å². The van der Waals surface area contributed by atoms with E-state index in [0.717, 1.165) is 14.2 Å². The molecule has 0 aromatic heterocycles. The van der Waals surface area contributed by atoms with Gasteiger partial charge in [-0.15, -0.1) is 0 Å². The van der Waals surface area contributed by atoms with Gasteiger partial charge >= 0.3 is 17.9 Å². The average molecular weight is 384 g/mol. The summed E-state index contributed by atoms with van der Waals surface area (Å²) in [6.45, 7) is 3.03. The van der Waals surface area contributed by atoms with Crippen molar-refractivity contribution >= 4 is 29.5 Å². The number of methoxy groups -OCH3 is 3. The number of nitrogens with one attached hydrogen (secondary N) is 1. The molecule has 0 saturated carbocycles. The molecule has 1 unspecified atom stereocenters. The number of nitrogens with zero attached hydrogens (tertiary/aromatic N) is 1. The van der Waals surface area contributed by atoms with Gasteiger partial charge in [-0.2, -0.15) is 0 Å². The number of esters is 3. The highest BCUT2D eigenvalue weighted by atomic mass is 16.5. The van der Waals surface area contributed by atoms with Gasteiger partial charge in [0.15, 0.2) is 6.61 Å². The van der Waals surface area contributed by atoms with E-state index >= 15 is 0 Å². The lowest BCUT2D eigenvalue weighted by atomic mass is 9.80. The Hall–Kier alpha value is -2.75. The van der Waals surface area contributed by atoms with E-state index in [1.165, 1.54) is 21.0 Å². The Kier molecular flexibility index (Phi) is 8.60. The lowest BCUT2D eigenvalue weighted by Gasteiger charge is -2.29. The summed E-state index contributed by atoms with van der Waals surface area (Å²) in [5, 5.41) is 2.49. The van der Waals surface area contributed by atoms with Gasteiger partial charge < -0.3 is 24.3 Å². The van der Waals surface area contributed by atoms with Gasteiger partial charge in [-0.3, -0.25) is 19.4 Å². The van der Waals surface area contributed by atoms with Gasteiger partial charge in [0.1, 0.15) is 11.8 Å². The van der Waals surface area contributed by atoms with Crippen LogP contribution in [0, 0.1) is 11.8 Å². The topological polar surface area (TPSA) is 130 Å². The molecule has 0 aromatic rings. The predicted octanol–water partition coefficient (Wildman–Crippen LogP) is -0.381. The molecule has 1 heterocycles. The van der Waals surface area contributed by atoms with Crippen LogP contribution in [0.2, 0.25) is 0 Å². The molecule has 1 aliphatic heterocycles. The van der Waals surface area contributed by atoms with Gasteiger partial charge in [-0.05, 0) is 13.8 Å². The van der Waals surface area contributed by atoms with Crippen molar-refractivity contribution in [2.45, 2.75) is 13.8 Å². The molecule has 0 saturated heterocycles. The fourth-order valence-corrected chi connectivity index (χ4v) is 2.67. The number of hydrogen-bond donors (Lipinski definition) is 1. The molecule has 1 N–H and O–H groups in total. The van der Waals surface area contributed by atoms with Crippen LogP contribution in [0.4, 0.5) is 0 Å². The molecule has 0 spiro atoms. The van der Waals surface area contributed by atoms with Crippen molar-refractivity contribution in [2.75, 3.05) is 41.1 Å². The fraction of sp³-hybridized carbons (Fsp3) is 0.588. The lowest BCUT2D eigenvalue weighted by molar-refractivity contribution is -0.158. The Bertz CT molecular complexity index is 668. The molecule has 0 aliphatic carbocycles. The number of ether oxygens (including phenoxy) is 4. The molecule has 1 aliphatic rings. The monoisotopic (exact) mass is 384 g/mol. The Morgan fingerprint density at radius 1 is 1.00 bits per heavy atom. The van der Waals surface area contributed by atoms with E-state index in [2.05, 4.69) is 10.3 Å². The van der Waals surface area contributed by atoms with Crippen molar-refractivity contribution < 1.29 is 38.1 Å². The Morgan fingerprint density at radius 2 is 1.67 bits per heavy atom. The van der Waals surface area contributed by atoms with Crippen molar-refractivity contribution in [3.05, 3.63) is 11.3 Å². The van der Waals surface area contributed by atoms with E-state index in [9.17, 15) is 19.2 Å². The molecule has 1 amide bonds. The van der Waals surface area contributed by atoms with Crippen molar-refractivity contribution in [1.82, 2.24) is 5.32 Å².